The lowest BCUT2D eigenvalue weighted by Crippen LogP contribution is -2.21. The van der Waals surface area contributed by atoms with E-state index in [-0.39, 0.29) is 12.3 Å². The molecule has 1 aromatic carbocycles. The standard InChI is InChI=1S/C16H17N3O3/c1-19(2)13-8-6-12(7-9-13)18-15(20)11-22-16(21)14-5-3-4-10-17-14/h3-10H,11H2,1-2H3,(H,18,20). The molecular formula is C16H17N3O3. The summed E-state index contributed by atoms with van der Waals surface area (Å²) >= 11 is 0. The van der Waals surface area contributed by atoms with Gasteiger partial charge in [-0.1, -0.05) is 6.07 Å². The van der Waals surface area contributed by atoms with Crippen molar-refractivity contribution in [3.05, 3.63) is 54.4 Å². The van der Waals surface area contributed by atoms with Gasteiger partial charge >= 0.3 is 5.97 Å². The molecule has 1 N–H and O–H groups in total. The zero-order valence-electron chi connectivity index (χ0n) is 12.4. The van der Waals surface area contributed by atoms with Crippen molar-refractivity contribution < 1.29 is 14.3 Å². The number of rotatable bonds is 5. The van der Waals surface area contributed by atoms with Crippen LogP contribution in [-0.2, 0) is 9.53 Å². The van der Waals surface area contributed by atoms with E-state index < -0.39 is 11.9 Å². The number of amides is 1. The fourth-order valence-corrected chi connectivity index (χ4v) is 1.73. The average Bonchev–Trinajstić information content (AvgIpc) is 2.54. The monoisotopic (exact) mass is 299 g/mol. The lowest BCUT2D eigenvalue weighted by molar-refractivity contribution is -0.119. The first-order valence-corrected chi connectivity index (χ1v) is 6.71. The molecular weight excluding hydrogens is 282 g/mol. The normalized spacial score (nSPS) is 9.91. The van der Waals surface area contributed by atoms with Crippen molar-refractivity contribution in [2.24, 2.45) is 0 Å². The van der Waals surface area contributed by atoms with Gasteiger partial charge in [-0.05, 0) is 36.4 Å². The molecule has 2 rings (SSSR count). The Labute approximate surface area is 128 Å². The van der Waals surface area contributed by atoms with Crippen molar-refractivity contribution in [2.75, 3.05) is 30.9 Å². The van der Waals surface area contributed by atoms with E-state index in [1.165, 1.54) is 12.3 Å². The largest absolute Gasteiger partial charge is 0.451 e. The average molecular weight is 299 g/mol. The van der Waals surface area contributed by atoms with Crippen LogP contribution in [0.15, 0.2) is 48.7 Å². The minimum atomic E-state index is -0.626. The number of benzene rings is 1. The molecule has 0 atom stereocenters. The fourth-order valence-electron chi connectivity index (χ4n) is 1.73. The number of carbonyl (C=O) groups excluding carboxylic acids is 2. The van der Waals surface area contributed by atoms with Crippen LogP contribution in [-0.4, -0.2) is 37.6 Å². The quantitative estimate of drug-likeness (QED) is 0.854. The molecule has 0 aliphatic rings. The second-order valence-corrected chi connectivity index (χ2v) is 4.78. The number of carbonyl (C=O) groups is 2. The van der Waals surface area contributed by atoms with Gasteiger partial charge < -0.3 is 15.0 Å². The van der Waals surface area contributed by atoms with E-state index in [1.54, 1.807) is 24.3 Å². The Bertz CT molecular complexity index is 639. The number of anilines is 2. The van der Waals surface area contributed by atoms with Gasteiger partial charge in [0.05, 0.1) is 0 Å². The molecule has 6 nitrogen and oxygen atoms in total. The van der Waals surface area contributed by atoms with Gasteiger partial charge in [0.1, 0.15) is 5.69 Å². The predicted octanol–water partition coefficient (Wildman–Crippen LogP) is 1.94. The van der Waals surface area contributed by atoms with Crippen LogP contribution < -0.4 is 10.2 Å². The van der Waals surface area contributed by atoms with Crippen molar-refractivity contribution in [1.82, 2.24) is 4.98 Å². The highest BCUT2D eigenvalue weighted by atomic mass is 16.5. The van der Waals surface area contributed by atoms with Crippen molar-refractivity contribution >= 4 is 23.3 Å². The van der Waals surface area contributed by atoms with E-state index in [4.69, 9.17) is 4.74 Å². The number of pyridine rings is 1. The van der Waals surface area contributed by atoms with Gasteiger partial charge in [-0.2, -0.15) is 0 Å². The summed E-state index contributed by atoms with van der Waals surface area (Å²) in [4.78, 5) is 29.2. The van der Waals surface area contributed by atoms with Crippen LogP contribution >= 0.6 is 0 Å². The molecule has 0 unspecified atom stereocenters. The van der Waals surface area contributed by atoms with Gasteiger partial charge in [-0.3, -0.25) is 4.79 Å². The molecule has 0 bridgehead atoms. The Morgan fingerprint density at radius 2 is 1.86 bits per heavy atom. The van der Waals surface area contributed by atoms with Gasteiger partial charge in [0.25, 0.3) is 5.91 Å². The summed E-state index contributed by atoms with van der Waals surface area (Å²) in [5, 5.41) is 2.66. The summed E-state index contributed by atoms with van der Waals surface area (Å²) in [6.45, 7) is -0.356. The highest BCUT2D eigenvalue weighted by Gasteiger charge is 2.11. The first-order valence-electron chi connectivity index (χ1n) is 6.71. The number of hydrogen-bond donors (Lipinski definition) is 1. The van der Waals surface area contributed by atoms with E-state index in [0.29, 0.717) is 5.69 Å². The predicted molar refractivity (Wildman–Crippen MR) is 83.9 cm³/mol. The van der Waals surface area contributed by atoms with Gasteiger partial charge in [-0.25, -0.2) is 9.78 Å². The van der Waals surface area contributed by atoms with Crippen LogP contribution in [0.5, 0.6) is 0 Å². The second kappa shape index (κ2) is 7.21. The van der Waals surface area contributed by atoms with Crippen molar-refractivity contribution in [2.45, 2.75) is 0 Å². The zero-order valence-corrected chi connectivity index (χ0v) is 12.4. The molecule has 0 spiro atoms. The molecule has 0 saturated carbocycles. The number of nitrogens with zero attached hydrogens (tertiary/aromatic N) is 2. The molecule has 1 heterocycles. The smallest absolute Gasteiger partial charge is 0.357 e. The molecule has 0 saturated heterocycles. The third kappa shape index (κ3) is 4.31. The number of esters is 1. The Morgan fingerprint density at radius 3 is 2.45 bits per heavy atom. The van der Waals surface area contributed by atoms with Crippen LogP contribution in [0.4, 0.5) is 11.4 Å². The van der Waals surface area contributed by atoms with Crippen LogP contribution in [0.2, 0.25) is 0 Å². The van der Waals surface area contributed by atoms with Crippen LogP contribution in [0.25, 0.3) is 0 Å². The van der Waals surface area contributed by atoms with Crippen molar-refractivity contribution in [1.29, 1.82) is 0 Å². The highest BCUT2D eigenvalue weighted by Crippen LogP contribution is 2.15. The molecule has 0 radical (unpaired) electrons. The summed E-state index contributed by atoms with van der Waals surface area (Å²) in [5.41, 5.74) is 1.84. The summed E-state index contributed by atoms with van der Waals surface area (Å²) in [5.74, 6) is -1.03. The molecule has 0 aliphatic heterocycles. The molecule has 0 fully saturated rings. The van der Waals surface area contributed by atoms with Crippen LogP contribution in [0.3, 0.4) is 0 Å². The van der Waals surface area contributed by atoms with E-state index in [0.717, 1.165) is 5.69 Å². The number of ether oxygens (including phenoxy) is 1. The van der Waals surface area contributed by atoms with Gasteiger partial charge in [0.2, 0.25) is 0 Å². The van der Waals surface area contributed by atoms with E-state index in [9.17, 15) is 9.59 Å². The minimum Gasteiger partial charge on any atom is -0.451 e. The summed E-state index contributed by atoms with van der Waals surface area (Å²) in [6.07, 6.45) is 1.49. The van der Waals surface area contributed by atoms with Crippen LogP contribution in [0, 0.1) is 0 Å². The van der Waals surface area contributed by atoms with E-state index in [1.807, 2.05) is 31.1 Å². The lowest BCUT2D eigenvalue weighted by Gasteiger charge is -2.13. The Kier molecular flexibility index (Phi) is 5.08. The van der Waals surface area contributed by atoms with Crippen molar-refractivity contribution in [3.63, 3.8) is 0 Å². The summed E-state index contributed by atoms with van der Waals surface area (Å²) in [6, 6.07) is 12.2. The van der Waals surface area contributed by atoms with Crippen molar-refractivity contribution in [3.8, 4) is 0 Å². The maximum Gasteiger partial charge on any atom is 0.357 e. The first kappa shape index (κ1) is 15.5. The summed E-state index contributed by atoms with van der Waals surface area (Å²) in [7, 11) is 3.87. The Morgan fingerprint density at radius 1 is 1.14 bits per heavy atom. The number of aromatic nitrogens is 1. The SMILES string of the molecule is CN(C)c1ccc(NC(=O)COC(=O)c2ccccn2)cc1. The van der Waals surface area contributed by atoms with E-state index in [2.05, 4.69) is 10.3 Å². The first-order chi connectivity index (χ1) is 10.6. The minimum absolute atomic E-state index is 0.172. The maximum absolute atomic E-state index is 11.7. The van der Waals surface area contributed by atoms with Crippen LogP contribution in [0.1, 0.15) is 10.5 Å². The number of hydrogen-bond acceptors (Lipinski definition) is 5. The van der Waals surface area contributed by atoms with E-state index >= 15 is 0 Å². The zero-order chi connectivity index (χ0) is 15.9. The maximum atomic E-state index is 11.7. The third-order valence-electron chi connectivity index (χ3n) is 2.88. The van der Waals surface area contributed by atoms with Gasteiger partial charge in [0.15, 0.2) is 6.61 Å². The fraction of sp³-hybridized carbons (Fsp3) is 0.188. The van der Waals surface area contributed by atoms with Gasteiger partial charge in [-0.15, -0.1) is 0 Å². The molecule has 6 heteroatoms. The Hall–Kier alpha value is -2.89. The molecule has 2 aromatic rings. The number of nitrogens with one attached hydrogen (secondary N) is 1. The Balaban J connectivity index is 1.84. The molecule has 1 amide bonds. The lowest BCUT2D eigenvalue weighted by atomic mass is 10.2. The summed E-state index contributed by atoms with van der Waals surface area (Å²) < 4.78 is 4.90. The van der Waals surface area contributed by atoms with Gasteiger partial charge in [0, 0.05) is 31.7 Å². The third-order valence-corrected chi connectivity index (χ3v) is 2.88. The molecule has 114 valence electrons. The molecule has 0 aliphatic carbocycles. The highest BCUT2D eigenvalue weighted by molar-refractivity contribution is 5.94. The molecule has 22 heavy (non-hydrogen) atoms. The topological polar surface area (TPSA) is 71.5 Å². The molecule has 1 aromatic heterocycles. The second-order valence-electron chi connectivity index (χ2n) is 4.78.